The van der Waals surface area contributed by atoms with Crippen LogP contribution < -0.4 is 0 Å². The van der Waals surface area contributed by atoms with Gasteiger partial charge in [-0.1, -0.05) is 12.8 Å². The van der Waals surface area contributed by atoms with Crippen LogP contribution in [-0.4, -0.2) is 36.8 Å². The highest BCUT2D eigenvalue weighted by Gasteiger charge is 2.58. The Balaban J connectivity index is 1.76. The Morgan fingerprint density at radius 1 is 1.07 bits per heavy atom. The number of ether oxygens (including phenoxy) is 1. The van der Waals surface area contributed by atoms with E-state index in [0.717, 1.165) is 45.1 Å². The van der Waals surface area contributed by atoms with Crippen LogP contribution in [0.25, 0.3) is 0 Å². The molecule has 2 saturated heterocycles. The molecule has 3 aliphatic rings. The van der Waals surface area contributed by atoms with Crippen molar-refractivity contribution in [1.82, 2.24) is 4.31 Å². The van der Waals surface area contributed by atoms with Crippen molar-refractivity contribution >= 4 is 10.0 Å². The van der Waals surface area contributed by atoms with Crippen molar-refractivity contribution in [3.63, 3.8) is 0 Å². The molecule has 15 heavy (non-hydrogen) atoms. The molecule has 86 valence electrons. The predicted octanol–water partition coefficient (Wildman–Crippen LogP) is 1.08. The van der Waals surface area contributed by atoms with Crippen LogP contribution in [0.4, 0.5) is 0 Å². The van der Waals surface area contributed by atoms with Crippen LogP contribution in [-0.2, 0) is 14.8 Å². The number of hydrogen-bond donors (Lipinski definition) is 0. The standard InChI is InChI=1S/C10H17NO3S/c12-15(13,8-4-1-2-5-8)11-9-6-3-7-14-10(9)11/h8-10H,1-7H2/t9-,10-,11?/m0/s1. The third kappa shape index (κ3) is 1.52. The van der Waals surface area contributed by atoms with Crippen molar-refractivity contribution in [3.8, 4) is 0 Å². The maximum atomic E-state index is 12.2. The third-order valence-electron chi connectivity index (χ3n) is 3.77. The first kappa shape index (κ1) is 10.1. The van der Waals surface area contributed by atoms with Crippen molar-refractivity contribution in [2.45, 2.75) is 56.0 Å². The molecule has 2 aliphatic heterocycles. The average molecular weight is 231 g/mol. The highest BCUT2D eigenvalue weighted by molar-refractivity contribution is 7.90. The van der Waals surface area contributed by atoms with E-state index in [1.54, 1.807) is 4.31 Å². The number of fused-ring (bicyclic) bond motifs is 1. The van der Waals surface area contributed by atoms with Gasteiger partial charge in [-0.05, 0) is 25.7 Å². The minimum Gasteiger partial charge on any atom is -0.360 e. The minimum atomic E-state index is -3.04. The zero-order valence-corrected chi connectivity index (χ0v) is 9.58. The van der Waals surface area contributed by atoms with Crippen LogP contribution in [0.2, 0.25) is 0 Å². The van der Waals surface area contributed by atoms with E-state index in [-0.39, 0.29) is 17.5 Å². The van der Waals surface area contributed by atoms with Gasteiger partial charge in [0.05, 0.1) is 11.3 Å². The van der Waals surface area contributed by atoms with Gasteiger partial charge in [0.15, 0.2) is 0 Å². The van der Waals surface area contributed by atoms with Gasteiger partial charge in [-0.15, -0.1) is 0 Å². The van der Waals surface area contributed by atoms with Crippen LogP contribution in [0.5, 0.6) is 0 Å². The maximum Gasteiger partial charge on any atom is 0.219 e. The fraction of sp³-hybridized carbons (Fsp3) is 1.00. The molecule has 5 heteroatoms. The lowest BCUT2D eigenvalue weighted by atomic mass is 10.2. The summed E-state index contributed by atoms with van der Waals surface area (Å²) in [4.78, 5) is 0. The largest absolute Gasteiger partial charge is 0.360 e. The second kappa shape index (κ2) is 3.43. The fourth-order valence-corrected chi connectivity index (χ4v) is 5.17. The maximum absolute atomic E-state index is 12.2. The molecule has 3 atom stereocenters. The first-order valence-electron chi connectivity index (χ1n) is 5.85. The quantitative estimate of drug-likeness (QED) is 0.668. The summed E-state index contributed by atoms with van der Waals surface area (Å²) in [6, 6.07) is 0.171. The summed E-state index contributed by atoms with van der Waals surface area (Å²) in [5.41, 5.74) is 0. The molecular weight excluding hydrogens is 214 g/mol. The predicted molar refractivity (Wildman–Crippen MR) is 55.8 cm³/mol. The molecule has 0 aromatic carbocycles. The van der Waals surface area contributed by atoms with E-state index in [1.165, 1.54) is 0 Å². The Morgan fingerprint density at radius 2 is 1.80 bits per heavy atom. The summed E-state index contributed by atoms with van der Waals surface area (Å²) in [6.07, 6.45) is 5.69. The van der Waals surface area contributed by atoms with Gasteiger partial charge in [0.25, 0.3) is 0 Å². The van der Waals surface area contributed by atoms with Crippen molar-refractivity contribution in [1.29, 1.82) is 0 Å². The summed E-state index contributed by atoms with van der Waals surface area (Å²) < 4.78 is 31.5. The minimum absolute atomic E-state index is 0.107. The molecule has 0 bridgehead atoms. The average Bonchev–Trinajstić information content (AvgIpc) is 2.71. The zero-order valence-electron chi connectivity index (χ0n) is 8.76. The molecule has 1 unspecified atom stereocenters. The topological polar surface area (TPSA) is 46.4 Å². The van der Waals surface area contributed by atoms with Gasteiger partial charge in [-0.2, -0.15) is 4.31 Å². The molecule has 0 radical (unpaired) electrons. The molecule has 1 aliphatic carbocycles. The van der Waals surface area contributed by atoms with Crippen LogP contribution in [0.1, 0.15) is 38.5 Å². The molecule has 0 aromatic rings. The van der Waals surface area contributed by atoms with Crippen molar-refractivity contribution < 1.29 is 13.2 Å². The van der Waals surface area contributed by atoms with E-state index >= 15 is 0 Å². The van der Waals surface area contributed by atoms with Gasteiger partial charge >= 0.3 is 0 Å². The lowest BCUT2D eigenvalue weighted by molar-refractivity contribution is 0.0786. The lowest BCUT2D eigenvalue weighted by Gasteiger charge is -2.11. The smallest absolute Gasteiger partial charge is 0.219 e. The number of nitrogens with zero attached hydrogens (tertiary/aromatic N) is 1. The van der Waals surface area contributed by atoms with Gasteiger partial charge in [0.2, 0.25) is 10.0 Å². The number of rotatable bonds is 2. The molecule has 3 fully saturated rings. The molecule has 1 saturated carbocycles. The second-order valence-corrected chi connectivity index (χ2v) is 6.87. The molecule has 2 heterocycles. The third-order valence-corrected chi connectivity index (χ3v) is 6.15. The van der Waals surface area contributed by atoms with E-state index in [0.29, 0.717) is 0 Å². The highest BCUT2D eigenvalue weighted by Crippen LogP contribution is 2.43. The first-order valence-corrected chi connectivity index (χ1v) is 7.35. The molecular formula is C10H17NO3S. The SMILES string of the molecule is O=S(=O)(C1CCCC1)N1[C@H]2CCCO[C@@H]21. The van der Waals surface area contributed by atoms with Crippen LogP contribution in [0, 0.1) is 0 Å². The van der Waals surface area contributed by atoms with E-state index in [9.17, 15) is 8.42 Å². The second-order valence-electron chi connectivity index (χ2n) is 4.75. The van der Waals surface area contributed by atoms with E-state index < -0.39 is 10.0 Å². The van der Waals surface area contributed by atoms with Gasteiger partial charge in [-0.25, -0.2) is 8.42 Å². The van der Waals surface area contributed by atoms with Gasteiger partial charge in [-0.3, -0.25) is 0 Å². The molecule has 0 spiro atoms. The number of sulfonamides is 1. The number of hydrogen-bond acceptors (Lipinski definition) is 3. The van der Waals surface area contributed by atoms with Gasteiger partial charge in [0.1, 0.15) is 6.23 Å². The Labute approximate surface area is 90.6 Å². The van der Waals surface area contributed by atoms with E-state index in [4.69, 9.17) is 4.74 Å². The molecule has 0 aromatic heterocycles. The molecule has 0 N–H and O–H groups in total. The van der Waals surface area contributed by atoms with Gasteiger partial charge in [0, 0.05) is 6.61 Å². The van der Waals surface area contributed by atoms with E-state index in [2.05, 4.69) is 0 Å². The van der Waals surface area contributed by atoms with Crippen LogP contribution >= 0.6 is 0 Å². The Morgan fingerprint density at radius 3 is 2.40 bits per heavy atom. The first-order chi connectivity index (χ1) is 7.21. The molecule has 4 nitrogen and oxygen atoms in total. The molecule has 0 amide bonds. The Bertz CT molecular complexity index is 336. The summed E-state index contributed by atoms with van der Waals surface area (Å²) in [5.74, 6) is 0. The summed E-state index contributed by atoms with van der Waals surface area (Å²) in [5, 5.41) is -0.119. The Kier molecular flexibility index (Phi) is 2.30. The highest BCUT2D eigenvalue weighted by atomic mass is 32.2. The van der Waals surface area contributed by atoms with Crippen LogP contribution in [0.3, 0.4) is 0 Å². The van der Waals surface area contributed by atoms with Crippen molar-refractivity contribution in [2.24, 2.45) is 0 Å². The summed E-state index contributed by atoms with van der Waals surface area (Å²) in [7, 11) is -3.04. The summed E-state index contributed by atoms with van der Waals surface area (Å²) in [6.45, 7) is 0.720. The molecule has 3 rings (SSSR count). The van der Waals surface area contributed by atoms with Crippen LogP contribution in [0.15, 0.2) is 0 Å². The van der Waals surface area contributed by atoms with Crippen molar-refractivity contribution in [3.05, 3.63) is 0 Å². The van der Waals surface area contributed by atoms with Gasteiger partial charge < -0.3 is 4.74 Å². The fourth-order valence-electron chi connectivity index (χ4n) is 2.88. The Hall–Kier alpha value is -0.130. The van der Waals surface area contributed by atoms with E-state index in [1.807, 2.05) is 0 Å². The zero-order chi connectivity index (χ0) is 10.5. The monoisotopic (exact) mass is 231 g/mol. The lowest BCUT2D eigenvalue weighted by Crippen LogP contribution is -2.27. The van der Waals surface area contributed by atoms with Crippen molar-refractivity contribution in [2.75, 3.05) is 6.61 Å². The normalized spacial score (nSPS) is 41.5. The summed E-state index contributed by atoms with van der Waals surface area (Å²) >= 11 is 0.